The third-order valence-corrected chi connectivity index (χ3v) is 3.30. The summed E-state index contributed by atoms with van der Waals surface area (Å²) in [4.78, 5) is 15.6. The second kappa shape index (κ2) is 9.59. The summed E-state index contributed by atoms with van der Waals surface area (Å²) in [5.41, 5.74) is 0. The lowest BCUT2D eigenvalue weighted by Gasteiger charge is -2.05. The first-order valence-corrected chi connectivity index (χ1v) is 7.48. The molecule has 0 aliphatic heterocycles. The molecule has 19 heavy (non-hydrogen) atoms. The second-order valence-electron chi connectivity index (χ2n) is 5.04. The molecule has 0 saturated carbocycles. The fourth-order valence-corrected chi connectivity index (χ4v) is 2.09. The molecule has 1 rings (SSSR count). The average molecular weight is 265 g/mol. The van der Waals surface area contributed by atoms with E-state index in [2.05, 4.69) is 21.8 Å². The third kappa shape index (κ3) is 6.99. The van der Waals surface area contributed by atoms with Crippen LogP contribution in [-0.4, -0.2) is 22.0 Å². The molecule has 1 aromatic rings. The Morgan fingerprint density at radius 3 is 2.68 bits per heavy atom. The number of aromatic nitrogens is 2. The number of imidazole rings is 1. The number of rotatable bonds is 10. The van der Waals surface area contributed by atoms with E-state index in [1.54, 1.807) is 0 Å². The molecule has 0 bridgehead atoms. The highest BCUT2D eigenvalue weighted by atomic mass is 16.1. The summed E-state index contributed by atoms with van der Waals surface area (Å²) in [6, 6.07) is 0. The summed E-state index contributed by atoms with van der Waals surface area (Å²) in [6.07, 6.45) is 11.4. The Labute approximate surface area is 116 Å². The minimum Gasteiger partial charge on any atom is -0.356 e. The van der Waals surface area contributed by atoms with Gasteiger partial charge in [-0.3, -0.25) is 4.79 Å². The Morgan fingerprint density at radius 2 is 2.00 bits per heavy atom. The van der Waals surface area contributed by atoms with Gasteiger partial charge >= 0.3 is 0 Å². The first-order chi connectivity index (χ1) is 9.24. The molecule has 4 heteroatoms. The fourth-order valence-electron chi connectivity index (χ4n) is 2.09. The molecule has 0 saturated heterocycles. The van der Waals surface area contributed by atoms with Gasteiger partial charge in [0.05, 0.1) is 0 Å². The van der Waals surface area contributed by atoms with Gasteiger partial charge in [0.25, 0.3) is 0 Å². The van der Waals surface area contributed by atoms with Crippen molar-refractivity contribution in [3.8, 4) is 0 Å². The van der Waals surface area contributed by atoms with E-state index >= 15 is 0 Å². The smallest absolute Gasteiger partial charge is 0.219 e. The van der Waals surface area contributed by atoms with E-state index < -0.39 is 0 Å². The summed E-state index contributed by atoms with van der Waals surface area (Å²) in [5, 5.41) is 2.91. The number of nitrogens with zero attached hydrogens (tertiary/aromatic N) is 2. The van der Waals surface area contributed by atoms with E-state index in [9.17, 15) is 4.79 Å². The van der Waals surface area contributed by atoms with Gasteiger partial charge in [0.2, 0.25) is 5.91 Å². The van der Waals surface area contributed by atoms with E-state index in [0.717, 1.165) is 38.2 Å². The first-order valence-electron chi connectivity index (χ1n) is 7.48. The predicted molar refractivity (Wildman–Crippen MR) is 78.0 cm³/mol. The number of aryl methyl sites for hydroxylation is 2. The van der Waals surface area contributed by atoms with Gasteiger partial charge in [0, 0.05) is 31.9 Å². The number of nitrogens with one attached hydrogen (secondary N) is 1. The lowest BCUT2D eigenvalue weighted by molar-refractivity contribution is -0.121. The molecule has 0 spiro atoms. The molecule has 0 aromatic carbocycles. The van der Waals surface area contributed by atoms with Crippen molar-refractivity contribution < 1.29 is 4.79 Å². The van der Waals surface area contributed by atoms with Crippen molar-refractivity contribution in [3.05, 3.63) is 18.2 Å². The van der Waals surface area contributed by atoms with Crippen LogP contribution in [0, 0.1) is 6.92 Å². The summed E-state index contributed by atoms with van der Waals surface area (Å²) < 4.78 is 2.19. The third-order valence-electron chi connectivity index (χ3n) is 3.30. The minimum atomic E-state index is 0.205. The van der Waals surface area contributed by atoms with Crippen molar-refractivity contribution in [1.29, 1.82) is 0 Å². The molecule has 1 amide bonds. The SMILES string of the molecule is CCCNC(=O)CCCCCCCn1ccnc1C. The Kier molecular flexibility index (Phi) is 7.94. The van der Waals surface area contributed by atoms with Crippen molar-refractivity contribution >= 4 is 5.91 Å². The lowest BCUT2D eigenvalue weighted by atomic mass is 10.1. The van der Waals surface area contributed by atoms with E-state index in [-0.39, 0.29) is 5.91 Å². The zero-order chi connectivity index (χ0) is 13.9. The largest absolute Gasteiger partial charge is 0.356 e. The molecule has 1 heterocycles. The quantitative estimate of drug-likeness (QED) is 0.661. The highest BCUT2D eigenvalue weighted by Crippen LogP contribution is 2.07. The van der Waals surface area contributed by atoms with Crippen molar-refractivity contribution in [2.24, 2.45) is 0 Å². The maximum absolute atomic E-state index is 11.4. The average Bonchev–Trinajstić information content (AvgIpc) is 2.81. The fraction of sp³-hybridized carbons (Fsp3) is 0.733. The van der Waals surface area contributed by atoms with Gasteiger partial charge in [0.15, 0.2) is 0 Å². The summed E-state index contributed by atoms with van der Waals surface area (Å²) in [6.45, 7) is 5.98. The monoisotopic (exact) mass is 265 g/mol. The Hall–Kier alpha value is -1.32. The number of hydrogen-bond donors (Lipinski definition) is 1. The molecule has 4 nitrogen and oxygen atoms in total. The summed E-state index contributed by atoms with van der Waals surface area (Å²) in [7, 11) is 0. The number of carbonyl (C=O) groups excluding carboxylic acids is 1. The topological polar surface area (TPSA) is 46.9 Å². The Morgan fingerprint density at radius 1 is 1.26 bits per heavy atom. The summed E-state index contributed by atoms with van der Waals surface area (Å²) >= 11 is 0. The Bertz CT molecular complexity index is 360. The number of amides is 1. The van der Waals surface area contributed by atoms with Crippen LogP contribution in [0.15, 0.2) is 12.4 Å². The van der Waals surface area contributed by atoms with Gasteiger partial charge in [-0.2, -0.15) is 0 Å². The molecule has 0 aliphatic carbocycles. The molecular formula is C15H27N3O. The van der Waals surface area contributed by atoms with Gasteiger partial charge in [-0.05, 0) is 26.2 Å². The van der Waals surface area contributed by atoms with E-state index in [1.165, 1.54) is 19.3 Å². The van der Waals surface area contributed by atoms with Crippen LogP contribution < -0.4 is 5.32 Å². The van der Waals surface area contributed by atoms with Gasteiger partial charge < -0.3 is 9.88 Å². The van der Waals surface area contributed by atoms with E-state index in [4.69, 9.17) is 0 Å². The standard InChI is InChI=1S/C15H27N3O/c1-3-10-17-15(19)9-7-5-4-6-8-12-18-13-11-16-14(18)2/h11,13H,3-10,12H2,1-2H3,(H,17,19). The van der Waals surface area contributed by atoms with Crippen LogP contribution in [0.25, 0.3) is 0 Å². The van der Waals surface area contributed by atoms with E-state index in [0.29, 0.717) is 6.42 Å². The van der Waals surface area contributed by atoms with Crippen LogP contribution in [0.4, 0.5) is 0 Å². The molecule has 0 atom stereocenters. The van der Waals surface area contributed by atoms with Gasteiger partial charge in [0.1, 0.15) is 5.82 Å². The predicted octanol–water partition coefficient (Wildman–Crippen LogP) is 3.06. The first kappa shape index (κ1) is 15.7. The van der Waals surface area contributed by atoms with Crippen molar-refractivity contribution in [1.82, 2.24) is 14.9 Å². The summed E-state index contributed by atoms with van der Waals surface area (Å²) in [5.74, 6) is 1.29. The van der Waals surface area contributed by atoms with Crippen LogP contribution in [0.3, 0.4) is 0 Å². The van der Waals surface area contributed by atoms with Crippen molar-refractivity contribution in [2.45, 2.75) is 65.3 Å². The number of hydrogen-bond acceptors (Lipinski definition) is 2. The maximum Gasteiger partial charge on any atom is 0.219 e. The zero-order valence-corrected chi connectivity index (χ0v) is 12.3. The van der Waals surface area contributed by atoms with Crippen molar-refractivity contribution in [3.63, 3.8) is 0 Å². The number of carbonyl (C=O) groups is 1. The highest BCUT2D eigenvalue weighted by Gasteiger charge is 2.00. The molecule has 0 aliphatic rings. The van der Waals surface area contributed by atoms with Crippen LogP contribution >= 0.6 is 0 Å². The molecule has 1 aromatic heterocycles. The minimum absolute atomic E-state index is 0.205. The zero-order valence-electron chi connectivity index (χ0n) is 12.3. The van der Waals surface area contributed by atoms with Crippen LogP contribution in [0.5, 0.6) is 0 Å². The van der Waals surface area contributed by atoms with Crippen LogP contribution in [0.2, 0.25) is 0 Å². The maximum atomic E-state index is 11.4. The normalized spacial score (nSPS) is 10.6. The van der Waals surface area contributed by atoms with Gasteiger partial charge in [-0.15, -0.1) is 0 Å². The van der Waals surface area contributed by atoms with E-state index in [1.807, 2.05) is 19.3 Å². The van der Waals surface area contributed by atoms with Gasteiger partial charge in [-0.25, -0.2) is 4.98 Å². The Balaban J connectivity index is 1.91. The molecule has 1 N–H and O–H groups in total. The molecule has 108 valence electrons. The molecule has 0 fully saturated rings. The molecule has 0 unspecified atom stereocenters. The highest BCUT2D eigenvalue weighted by molar-refractivity contribution is 5.75. The molecular weight excluding hydrogens is 238 g/mol. The lowest BCUT2D eigenvalue weighted by Crippen LogP contribution is -2.23. The molecule has 0 radical (unpaired) electrons. The second-order valence-corrected chi connectivity index (χ2v) is 5.04. The number of unbranched alkanes of at least 4 members (excludes halogenated alkanes) is 4. The van der Waals surface area contributed by atoms with Gasteiger partial charge in [-0.1, -0.05) is 26.2 Å². The van der Waals surface area contributed by atoms with Crippen molar-refractivity contribution in [2.75, 3.05) is 6.54 Å². The van der Waals surface area contributed by atoms with Crippen LogP contribution in [-0.2, 0) is 11.3 Å². The van der Waals surface area contributed by atoms with Crippen LogP contribution in [0.1, 0.15) is 57.7 Å².